The van der Waals surface area contributed by atoms with Gasteiger partial charge in [0.25, 0.3) is 5.91 Å². The zero-order valence-electron chi connectivity index (χ0n) is 24.3. The number of hydrogen-bond acceptors (Lipinski definition) is 7. The summed E-state index contributed by atoms with van der Waals surface area (Å²) in [5, 5.41) is 6.40. The van der Waals surface area contributed by atoms with Gasteiger partial charge in [-0.1, -0.05) is 42.5 Å². The highest BCUT2D eigenvalue weighted by atomic mass is 16.5. The summed E-state index contributed by atoms with van der Waals surface area (Å²) < 4.78 is 17.3. The first kappa shape index (κ1) is 26.7. The lowest BCUT2D eigenvalue weighted by atomic mass is 9.48. The molecule has 4 saturated carbocycles. The Morgan fingerprint density at radius 1 is 0.857 bits per heavy atom. The fraction of sp³-hybridized carbons (Fsp3) is 0.412. The van der Waals surface area contributed by atoms with Crippen molar-refractivity contribution in [1.29, 1.82) is 0 Å². The van der Waals surface area contributed by atoms with E-state index in [1.807, 2.05) is 42.5 Å². The number of nitrogens with two attached hydrogens (primary N) is 1. The van der Waals surface area contributed by atoms with Gasteiger partial charge in [0.15, 0.2) is 0 Å². The number of hydrazine groups is 1. The zero-order valence-corrected chi connectivity index (χ0v) is 24.3. The van der Waals surface area contributed by atoms with Gasteiger partial charge in [0.2, 0.25) is 0 Å². The van der Waals surface area contributed by atoms with Gasteiger partial charge in [-0.05, 0) is 79.5 Å². The molecular weight excluding hydrogens is 530 g/mol. The van der Waals surface area contributed by atoms with Crippen molar-refractivity contribution in [2.45, 2.75) is 43.7 Å². The molecule has 4 unspecified atom stereocenters. The van der Waals surface area contributed by atoms with Gasteiger partial charge in [-0.3, -0.25) is 19.6 Å². The third-order valence-corrected chi connectivity index (χ3v) is 10.2. The highest BCUT2D eigenvalue weighted by Gasteiger charge is 2.65. The molecule has 3 aromatic rings. The SMILES string of the molecule is COC(=O)C1C2CC3CC(C2)CC1(N1C(C(N)=O)=CC(c2c(OC)cccc2OC)N1c1cccc2ccccc12)C3. The van der Waals surface area contributed by atoms with Crippen LogP contribution in [0, 0.1) is 23.7 Å². The first-order valence-electron chi connectivity index (χ1n) is 14.8. The minimum atomic E-state index is -0.663. The molecule has 2 N–H and O–H groups in total. The Hall–Kier alpha value is -4.20. The number of esters is 1. The lowest BCUT2D eigenvalue weighted by Crippen LogP contribution is -2.70. The van der Waals surface area contributed by atoms with Crippen LogP contribution in [0.15, 0.2) is 72.4 Å². The highest BCUT2D eigenvalue weighted by Crippen LogP contribution is 2.64. The molecule has 5 aliphatic rings. The Balaban J connectivity index is 1.52. The smallest absolute Gasteiger partial charge is 0.311 e. The van der Waals surface area contributed by atoms with Crippen LogP contribution in [-0.2, 0) is 14.3 Å². The number of rotatable bonds is 7. The van der Waals surface area contributed by atoms with Gasteiger partial charge in [-0.2, -0.15) is 0 Å². The van der Waals surface area contributed by atoms with E-state index in [1.165, 1.54) is 7.11 Å². The molecule has 42 heavy (non-hydrogen) atoms. The normalized spacial score (nSPS) is 29.5. The van der Waals surface area contributed by atoms with Crippen LogP contribution >= 0.6 is 0 Å². The average molecular weight is 568 g/mol. The van der Waals surface area contributed by atoms with Crippen molar-refractivity contribution in [2.75, 3.05) is 26.3 Å². The van der Waals surface area contributed by atoms with Crippen LogP contribution in [0.25, 0.3) is 10.8 Å². The van der Waals surface area contributed by atoms with Gasteiger partial charge in [0.1, 0.15) is 23.2 Å². The van der Waals surface area contributed by atoms with Crippen LogP contribution in [-0.4, -0.2) is 43.8 Å². The van der Waals surface area contributed by atoms with E-state index >= 15 is 0 Å². The van der Waals surface area contributed by atoms with Crippen molar-refractivity contribution >= 4 is 28.3 Å². The van der Waals surface area contributed by atoms with Gasteiger partial charge in [-0.15, -0.1) is 0 Å². The van der Waals surface area contributed by atoms with Crippen molar-refractivity contribution in [3.63, 3.8) is 0 Å². The topological polar surface area (TPSA) is 94.3 Å². The number of anilines is 1. The second-order valence-electron chi connectivity index (χ2n) is 12.3. The van der Waals surface area contributed by atoms with Crippen LogP contribution in [0.1, 0.15) is 43.7 Å². The van der Waals surface area contributed by atoms with Gasteiger partial charge in [0, 0.05) is 5.39 Å². The Kier molecular flexibility index (Phi) is 6.33. The number of hydrogen-bond donors (Lipinski definition) is 1. The molecule has 1 heterocycles. The van der Waals surface area contributed by atoms with Crippen LogP contribution in [0.2, 0.25) is 0 Å². The predicted molar refractivity (Wildman–Crippen MR) is 160 cm³/mol. The molecule has 0 aromatic heterocycles. The molecule has 1 aliphatic heterocycles. The van der Waals surface area contributed by atoms with Crippen molar-refractivity contribution in [1.82, 2.24) is 5.01 Å². The number of methoxy groups -OCH3 is 3. The Morgan fingerprint density at radius 3 is 2.14 bits per heavy atom. The predicted octanol–water partition coefficient (Wildman–Crippen LogP) is 5.37. The minimum Gasteiger partial charge on any atom is -0.496 e. The highest BCUT2D eigenvalue weighted by molar-refractivity contribution is 5.97. The summed E-state index contributed by atoms with van der Waals surface area (Å²) in [5.74, 6) is 1.32. The van der Waals surface area contributed by atoms with E-state index in [-0.39, 0.29) is 17.8 Å². The minimum absolute atomic E-state index is 0.201. The molecule has 0 saturated heterocycles. The van der Waals surface area contributed by atoms with E-state index in [4.69, 9.17) is 19.9 Å². The molecule has 4 atom stereocenters. The molecule has 0 radical (unpaired) electrons. The molecule has 8 nitrogen and oxygen atoms in total. The number of carbonyl (C=O) groups excluding carboxylic acids is 2. The standard InChI is InChI=1S/C34H37N3O5/c1-40-28-12-7-13-29(41-2)30(28)26-17-27(32(35)38)37(36(26)25-11-6-9-22-8-4-5-10-24(22)25)34-18-20-14-21(19-34)16-23(15-20)31(34)33(39)42-3/h4-13,17,20-21,23,26,31H,14-16,18-19H2,1-3H3,(H2,35,38). The summed E-state index contributed by atoms with van der Waals surface area (Å²) in [7, 11) is 4.75. The first-order valence-corrected chi connectivity index (χ1v) is 14.8. The second-order valence-corrected chi connectivity index (χ2v) is 12.3. The summed E-state index contributed by atoms with van der Waals surface area (Å²) in [6.45, 7) is 0. The van der Waals surface area contributed by atoms with Crippen molar-refractivity contribution in [3.8, 4) is 11.5 Å². The number of amides is 1. The monoisotopic (exact) mass is 567 g/mol. The fourth-order valence-electron chi connectivity index (χ4n) is 9.06. The molecule has 1 amide bonds. The number of nitrogens with zero attached hydrogens (tertiary/aromatic N) is 2. The third-order valence-electron chi connectivity index (χ3n) is 10.2. The summed E-state index contributed by atoms with van der Waals surface area (Å²) in [4.78, 5) is 27.2. The maximum absolute atomic E-state index is 13.7. The van der Waals surface area contributed by atoms with Gasteiger partial charge < -0.3 is 19.9 Å². The maximum Gasteiger partial charge on any atom is 0.311 e. The Labute approximate surface area is 246 Å². The molecule has 4 bridgehead atoms. The lowest BCUT2D eigenvalue weighted by Gasteiger charge is -2.64. The first-order chi connectivity index (χ1) is 20.4. The number of fused-ring (bicyclic) bond motifs is 1. The quantitative estimate of drug-likeness (QED) is 0.384. The molecule has 0 spiro atoms. The fourth-order valence-corrected chi connectivity index (χ4v) is 9.06. The van der Waals surface area contributed by atoms with E-state index in [2.05, 4.69) is 34.3 Å². The van der Waals surface area contributed by atoms with E-state index in [1.54, 1.807) is 14.2 Å². The maximum atomic E-state index is 13.7. The van der Waals surface area contributed by atoms with E-state index in [9.17, 15) is 9.59 Å². The van der Waals surface area contributed by atoms with Crippen LogP contribution in [0.4, 0.5) is 5.69 Å². The summed E-state index contributed by atoms with van der Waals surface area (Å²) in [6.07, 6.45) is 6.70. The van der Waals surface area contributed by atoms with Crippen molar-refractivity contribution < 1.29 is 23.8 Å². The summed E-state index contributed by atoms with van der Waals surface area (Å²) in [5.41, 5.74) is 7.67. The molecule has 3 aromatic carbocycles. The molecule has 8 heteroatoms. The summed E-state index contributed by atoms with van der Waals surface area (Å²) in [6, 6.07) is 19.6. The molecule has 4 aliphatic carbocycles. The second kappa shape index (κ2) is 9.96. The Morgan fingerprint density at radius 2 is 1.50 bits per heavy atom. The van der Waals surface area contributed by atoms with Crippen molar-refractivity contribution in [2.24, 2.45) is 29.4 Å². The van der Waals surface area contributed by atoms with Crippen molar-refractivity contribution in [3.05, 3.63) is 78.0 Å². The van der Waals surface area contributed by atoms with Gasteiger partial charge in [-0.25, -0.2) is 0 Å². The zero-order chi connectivity index (χ0) is 29.2. The Bertz CT molecular complexity index is 1560. The number of benzene rings is 3. The number of ether oxygens (including phenoxy) is 3. The molecule has 8 rings (SSSR count). The van der Waals surface area contributed by atoms with Gasteiger partial charge in [0.05, 0.1) is 44.0 Å². The number of primary amides is 1. The third kappa shape index (κ3) is 3.80. The van der Waals surface area contributed by atoms with Crippen LogP contribution in [0.3, 0.4) is 0 Å². The van der Waals surface area contributed by atoms with Crippen LogP contribution in [0.5, 0.6) is 11.5 Å². The molecule has 4 fully saturated rings. The summed E-state index contributed by atoms with van der Waals surface area (Å²) >= 11 is 0. The largest absolute Gasteiger partial charge is 0.496 e. The average Bonchev–Trinajstić information content (AvgIpc) is 3.41. The van der Waals surface area contributed by atoms with Gasteiger partial charge >= 0.3 is 5.97 Å². The molecular formula is C34H37N3O5. The molecule has 218 valence electrons. The van der Waals surface area contributed by atoms with E-state index in [0.29, 0.717) is 29.0 Å². The van der Waals surface area contributed by atoms with Crippen LogP contribution < -0.4 is 20.2 Å². The lowest BCUT2D eigenvalue weighted by molar-refractivity contribution is -0.177. The number of carbonyl (C=O) groups is 2. The van der Waals surface area contributed by atoms with E-state index < -0.39 is 17.5 Å². The van der Waals surface area contributed by atoms with E-state index in [0.717, 1.165) is 54.1 Å².